The van der Waals surface area contributed by atoms with Crippen LogP contribution in [-0.4, -0.2) is 39.3 Å². The lowest BCUT2D eigenvalue weighted by atomic mass is 10.3. The van der Waals surface area contributed by atoms with Crippen molar-refractivity contribution in [3.63, 3.8) is 0 Å². The summed E-state index contributed by atoms with van der Waals surface area (Å²) in [4.78, 5) is 2.37. The molecule has 100 valence electrons. The molecular formula is C13H16ClN5. The molecule has 0 aliphatic carbocycles. The minimum absolute atomic E-state index is 0.765. The first kappa shape index (κ1) is 12.4. The highest BCUT2D eigenvalue weighted by molar-refractivity contribution is 6.33. The van der Waals surface area contributed by atoms with Crippen LogP contribution in [0.5, 0.6) is 0 Å². The lowest BCUT2D eigenvalue weighted by Gasteiger charge is -2.27. The van der Waals surface area contributed by atoms with Gasteiger partial charge in [0.05, 0.1) is 17.3 Å². The largest absolute Gasteiger partial charge is 0.383 e. The molecule has 1 aromatic heterocycles. The molecule has 1 aromatic carbocycles. The average molecular weight is 278 g/mol. The van der Waals surface area contributed by atoms with Crippen LogP contribution < -0.4 is 5.32 Å². The van der Waals surface area contributed by atoms with E-state index in [1.165, 1.54) is 0 Å². The molecule has 2 heterocycles. The Hall–Kier alpha value is -1.59. The Kier molecular flexibility index (Phi) is 3.66. The zero-order valence-electron chi connectivity index (χ0n) is 10.6. The molecule has 0 saturated heterocycles. The number of hydrogen-bond donors (Lipinski definition) is 1. The van der Waals surface area contributed by atoms with Gasteiger partial charge in [0.25, 0.3) is 0 Å². The Balaban J connectivity index is 1.50. The Morgan fingerprint density at radius 3 is 3.05 bits per heavy atom. The zero-order chi connectivity index (χ0) is 13.1. The number of nitrogens with zero attached hydrogens (tertiary/aromatic N) is 4. The number of anilines is 1. The van der Waals surface area contributed by atoms with Crippen LogP contribution in [0, 0.1) is 0 Å². The molecule has 0 saturated carbocycles. The Morgan fingerprint density at radius 1 is 1.26 bits per heavy atom. The van der Waals surface area contributed by atoms with Crippen LogP contribution in [-0.2, 0) is 13.1 Å². The summed E-state index contributed by atoms with van der Waals surface area (Å²) in [6, 6.07) is 7.81. The second kappa shape index (κ2) is 5.59. The third kappa shape index (κ3) is 2.88. The first-order valence-electron chi connectivity index (χ1n) is 6.40. The molecule has 0 spiro atoms. The lowest BCUT2D eigenvalue weighted by Crippen LogP contribution is -2.36. The number of halogens is 1. The molecule has 1 aliphatic heterocycles. The topological polar surface area (TPSA) is 46.0 Å². The summed E-state index contributed by atoms with van der Waals surface area (Å²) < 4.78 is 2.11. The molecule has 3 rings (SSSR count). The molecule has 2 aromatic rings. The van der Waals surface area contributed by atoms with Crippen molar-refractivity contribution in [2.45, 2.75) is 13.1 Å². The van der Waals surface area contributed by atoms with E-state index in [4.69, 9.17) is 11.6 Å². The van der Waals surface area contributed by atoms with Gasteiger partial charge >= 0.3 is 0 Å². The fourth-order valence-electron chi connectivity index (χ4n) is 2.26. The molecule has 6 heteroatoms. The summed E-state index contributed by atoms with van der Waals surface area (Å²) in [5, 5.41) is 12.2. The van der Waals surface area contributed by atoms with Gasteiger partial charge in [-0.2, -0.15) is 0 Å². The molecule has 0 unspecified atom stereocenters. The minimum Gasteiger partial charge on any atom is -0.383 e. The van der Waals surface area contributed by atoms with Crippen LogP contribution >= 0.6 is 11.6 Å². The third-order valence-corrected chi connectivity index (χ3v) is 3.66. The number of para-hydroxylation sites is 1. The minimum atomic E-state index is 0.765. The molecular weight excluding hydrogens is 262 g/mol. The third-order valence-electron chi connectivity index (χ3n) is 3.34. The van der Waals surface area contributed by atoms with Crippen molar-refractivity contribution in [3.8, 4) is 0 Å². The van der Waals surface area contributed by atoms with Gasteiger partial charge in [0.1, 0.15) is 12.2 Å². The molecule has 5 nitrogen and oxygen atoms in total. The van der Waals surface area contributed by atoms with Crippen LogP contribution in [0.15, 0.2) is 30.6 Å². The van der Waals surface area contributed by atoms with Gasteiger partial charge < -0.3 is 9.88 Å². The summed E-state index contributed by atoms with van der Waals surface area (Å²) >= 11 is 6.10. The standard InChI is InChI=1S/C13H16ClN5/c14-11-3-1-2-4-12(11)15-5-6-18-7-8-19-10-16-17-13(19)9-18/h1-4,10,15H,5-9H2. The maximum absolute atomic E-state index is 6.10. The summed E-state index contributed by atoms with van der Waals surface area (Å²) in [6.07, 6.45) is 1.80. The Morgan fingerprint density at radius 2 is 2.16 bits per heavy atom. The number of rotatable bonds is 4. The van der Waals surface area contributed by atoms with Gasteiger partial charge in [-0.3, -0.25) is 4.90 Å². The van der Waals surface area contributed by atoms with Crippen molar-refractivity contribution >= 4 is 17.3 Å². The molecule has 19 heavy (non-hydrogen) atoms. The van der Waals surface area contributed by atoms with Crippen LogP contribution in [0.3, 0.4) is 0 Å². The zero-order valence-corrected chi connectivity index (χ0v) is 11.3. The molecule has 1 aliphatic rings. The maximum Gasteiger partial charge on any atom is 0.147 e. The quantitative estimate of drug-likeness (QED) is 0.927. The first-order valence-corrected chi connectivity index (χ1v) is 6.78. The van der Waals surface area contributed by atoms with Crippen LogP contribution in [0.4, 0.5) is 5.69 Å². The highest BCUT2D eigenvalue weighted by Crippen LogP contribution is 2.20. The average Bonchev–Trinajstić information content (AvgIpc) is 2.88. The van der Waals surface area contributed by atoms with Crippen molar-refractivity contribution in [3.05, 3.63) is 41.4 Å². The normalized spacial score (nSPS) is 15.2. The number of nitrogens with one attached hydrogen (secondary N) is 1. The lowest BCUT2D eigenvalue weighted by molar-refractivity contribution is 0.225. The van der Waals surface area contributed by atoms with E-state index >= 15 is 0 Å². The van der Waals surface area contributed by atoms with Gasteiger partial charge in [-0.15, -0.1) is 10.2 Å². The smallest absolute Gasteiger partial charge is 0.147 e. The second-order valence-electron chi connectivity index (χ2n) is 4.62. The SMILES string of the molecule is Clc1ccccc1NCCN1CCn2cnnc2C1. The maximum atomic E-state index is 6.10. The van der Waals surface area contributed by atoms with Gasteiger partial charge in [0, 0.05) is 26.2 Å². The predicted octanol–water partition coefficient (Wildman–Crippen LogP) is 1.86. The van der Waals surface area contributed by atoms with Gasteiger partial charge in [-0.1, -0.05) is 23.7 Å². The number of benzene rings is 1. The fraction of sp³-hybridized carbons (Fsp3) is 0.385. The summed E-state index contributed by atoms with van der Waals surface area (Å²) in [5.41, 5.74) is 0.990. The van der Waals surface area contributed by atoms with E-state index in [2.05, 4.69) is 25.0 Å². The van der Waals surface area contributed by atoms with Crippen molar-refractivity contribution in [2.24, 2.45) is 0 Å². The van der Waals surface area contributed by atoms with E-state index in [1.54, 1.807) is 6.33 Å². The predicted molar refractivity (Wildman–Crippen MR) is 75.2 cm³/mol. The van der Waals surface area contributed by atoms with Gasteiger partial charge in [-0.25, -0.2) is 0 Å². The molecule has 1 N–H and O–H groups in total. The highest BCUT2D eigenvalue weighted by Gasteiger charge is 2.16. The van der Waals surface area contributed by atoms with E-state index in [0.717, 1.165) is 49.3 Å². The van der Waals surface area contributed by atoms with Gasteiger partial charge in [-0.05, 0) is 12.1 Å². The molecule has 0 amide bonds. The van der Waals surface area contributed by atoms with E-state index in [9.17, 15) is 0 Å². The van der Waals surface area contributed by atoms with Crippen molar-refractivity contribution < 1.29 is 0 Å². The molecule has 0 atom stereocenters. The summed E-state index contributed by atoms with van der Waals surface area (Å²) in [5.74, 6) is 1.05. The molecule has 0 fully saturated rings. The van der Waals surface area contributed by atoms with Crippen molar-refractivity contribution in [2.75, 3.05) is 25.0 Å². The monoisotopic (exact) mass is 277 g/mol. The summed E-state index contributed by atoms with van der Waals surface area (Å²) in [6.45, 7) is 4.71. The number of fused-ring (bicyclic) bond motifs is 1. The second-order valence-corrected chi connectivity index (χ2v) is 5.03. The van der Waals surface area contributed by atoms with E-state index in [-0.39, 0.29) is 0 Å². The molecule has 0 radical (unpaired) electrons. The van der Waals surface area contributed by atoms with Gasteiger partial charge in [0.15, 0.2) is 0 Å². The first-order chi connectivity index (χ1) is 9.33. The highest BCUT2D eigenvalue weighted by atomic mass is 35.5. The van der Waals surface area contributed by atoms with Crippen molar-refractivity contribution in [1.82, 2.24) is 19.7 Å². The van der Waals surface area contributed by atoms with Crippen LogP contribution in [0.2, 0.25) is 5.02 Å². The van der Waals surface area contributed by atoms with E-state index in [0.29, 0.717) is 0 Å². The Bertz CT molecular complexity index is 553. The molecule has 0 bridgehead atoms. The van der Waals surface area contributed by atoms with E-state index in [1.807, 2.05) is 24.3 Å². The number of hydrogen-bond acceptors (Lipinski definition) is 4. The van der Waals surface area contributed by atoms with E-state index < -0.39 is 0 Å². The van der Waals surface area contributed by atoms with Crippen molar-refractivity contribution in [1.29, 1.82) is 0 Å². The van der Waals surface area contributed by atoms with Crippen LogP contribution in [0.25, 0.3) is 0 Å². The van der Waals surface area contributed by atoms with Gasteiger partial charge in [0.2, 0.25) is 0 Å². The fourth-order valence-corrected chi connectivity index (χ4v) is 2.46. The summed E-state index contributed by atoms with van der Waals surface area (Å²) in [7, 11) is 0. The number of aromatic nitrogens is 3. The van der Waals surface area contributed by atoms with Crippen LogP contribution in [0.1, 0.15) is 5.82 Å². The Labute approximate surface area is 117 Å².